The van der Waals surface area contributed by atoms with Gasteiger partial charge in [-0.25, -0.2) is 4.39 Å². The number of carbonyl (C=O) groups excluding carboxylic acids is 2. The fraction of sp³-hybridized carbons (Fsp3) is 0.364. The van der Waals surface area contributed by atoms with Gasteiger partial charge in [0.2, 0.25) is 11.8 Å². The lowest BCUT2D eigenvalue weighted by molar-refractivity contribution is -0.138. The number of benzene rings is 2. The maximum atomic E-state index is 13.7. The lowest BCUT2D eigenvalue weighted by Gasteiger charge is -2.17. The number of hydrogen-bond donors (Lipinski definition) is 1. The summed E-state index contributed by atoms with van der Waals surface area (Å²) in [6.45, 7) is 2.90. The normalized spacial score (nSPS) is 14.9. The molecule has 2 aromatic carbocycles. The monoisotopic (exact) mass is 434 g/mol. The predicted octanol–water partition coefficient (Wildman–Crippen LogP) is 3.87. The van der Waals surface area contributed by atoms with E-state index in [1.54, 1.807) is 25.3 Å². The molecule has 30 heavy (non-hydrogen) atoms. The third-order valence-corrected chi connectivity index (χ3v) is 5.32. The van der Waals surface area contributed by atoms with Gasteiger partial charge in [0.05, 0.1) is 18.7 Å². The van der Waals surface area contributed by atoms with Gasteiger partial charge in [-0.3, -0.25) is 14.5 Å². The van der Waals surface area contributed by atoms with Crippen molar-refractivity contribution >= 4 is 23.4 Å². The molecule has 2 amide bonds. The number of hydrogen-bond acceptors (Lipinski definition) is 5. The highest BCUT2D eigenvalue weighted by molar-refractivity contribution is 6.30. The largest absolute Gasteiger partial charge is 0.493 e. The van der Waals surface area contributed by atoms with E-state index >= 15 is 0 Å². The molecule has 1 unspecified atom stereocenters. The molecule has 8 heteroatoms. The van der Waals surface area contributed by atoms with Crippen molar-refractivity contribution in [1.29, 1.82) is 0 Å². The lowest BCUT2D eigenvalue weighted by atomic mass is 10.1. The number of nitrogens with zero attached hydrogens (tertiary/aromatic N) is 1. The Bertz CT molecular complexity index is 921. The first-order chi connectivity index (χ1) is 14.4. The zero-order valence-electron chi connectivity index (χ0n) is 16.9. The van der Waals surface area contributed by atoms with Gasteiger partial charge in [0, 0.05) is 25.4 Å². The first kappa shape index (κ1) is 22.1. The van der Waals surface area contributed by atoms with Crippen LogP contribution in [0.3, 0.4) is 0 Å². The molecule has 0 spiro atoms. The van der Waals surface area contributed by atoms with Crippen LogP contribution in [0, 0.1) is 5.82 Å². The van der Waals surface area contributed by atoms with Gasteiger partial charge in [0.25, 0.3) is 0 Å². The molecule has 0 radical (unpaired) electrons. The summed E-state index contributed by atoms with van der Waals surface area (Å²) in [7, 11) is 1.55. The van der Waals surface area contributed by atoms with Crippen LogP contribution in [0.4, 0.5) is 4.39 Å². The minimum atomic E-state index is -0.441. The number of imide groups is 1. The highest BCUT2D eigenvalue weighted by Crippen LogP contribution is 2.28. The molecule has 1 heterocycles. The van der Waals surface area contributed by atoms with Gasteiger partial charge < -0.3 is 14.8 Å². The average molecular weight is 435 g/mol. The summed E-state index contributed by atoms with van der Waals surface area (Å²) in [4.78, 5) is 24.5. The van der Waals surface area contributed by atoms with Gasteiger partial charge in [0.1, 0.15) is 12.4 Å². The summed E-state index contributed by atoms with van der Waals surface area (Å²) in [6, 6.07) is 10.2. The molecule has 160 valence electrons. The van der Waals surface area contributed by atoms with Crippen LogP contribution < -0.4 is 14.8 Å². The summed E-state index contributed by atoms with van der Waals surface area (Å²) in [5.74, 6) is 0.327. The Labute approximate surface area is 179 Å². The number of rotatable bonds is 9. The molecule has 3 rings (SSSR count). The van der Waals surface area contributed by atoms with E-state index in [0.717, 1.165) is 11.1 Å². The van der Waals surface area contributed by atoms with E-state index in [9.17, 15) is 14.0 Å². The van der Waals surface area contributed by atoms with Crippen LogP contribution in [0.15, 0.2) is 36.4 Å². The second-order valence-corrected chi connectivity index (χ2v) is 7.46. The van der Waals surface area contributed by atoms with Gasteiger partial charge in [-0.15, -0.1) is 0 Å². The Morgan fingerprint density at radius 3 is 2.53 bits per heavy atom. The van der Waals surface area contributed by atoms with Crippen molar-refractivity contribution in [2.24, 2.45) is 0 Å². The zero-order valence-corrected chi connectivity index (χ0v) is 17.7. The molecule has 1 atom stereocenters. The van der Waals surface area contributed by atoms with Crippen molar-refractivity contribution in [1.82, 2.24) is 10.2 Å². The molecule has 0 aromatic heterocycles. The summed E-state index contributed by atoms with van der Waals surface area (Å²) in [5.41, 5.74) is 1.76. The minimum absolute atomic E-state index is 0.0748. The van der Waals surface area contributed by atoms with Crippen LogP contribution >= 0.6 is 11.6 Å². The van der Waals surface area contributed by atoms with Crippen molar-refractivity contribution in [3.63, 3.8) is 0 Å². The van der Waals surface area contributed by atoms with Gasteiger partial charge in [-0.1, -0.05) is 23.7 Å². The van der Waals surface area contributed by atoms with Gasteiger partial charge in [0.15, 0.2) is 11.5 Å². The van der Waals surface area contributed by atoms with E-state index in [2.05, 4.69) is 5.32 Å². The summed E-state index contributed by atoms with van der Waals surface area (Å²) < 4.78 is 24.8. The fourth-order valence-corrected chi connectivity index (χ4v) is 3.35. The number of nitrogens with one attached hydrogen (secondary N) is 1. The Morgan fingerprint density at radius 2 is 1.87 bits per heavy atom. The van der Waals surface area contributed by atoms with E-state index in [0.29, 0.717) is 18.0 Å². The molecule has 1 aliphatic heterocycles. The number of halogens is 2. The Balaban J connectivity index is 1.56. The number of ether oxygens (including phenoxy) is 2. The highest BCUT2D eigenvalue weighted by Gasteiger charge is 2.28. The number of amides is 2. The molecule has 1 fully saturated rings. The van der Waals surface area contributed by atoms with Crippen LogP contribution in [0.1, 0.15) is 36.9 Å². The Morgan fingerprint density at radius 1 is 1.13 bits per heavy atom. The highest BCUT2D eigenvalue weighted by atomic mass is 35.5. The van der Waals surface area contributed by atoms with Crippen molar-refractivity contribution < 1.29 is 23.5 Å². The van der Waals surface area contributed by atoms with Crippen molar-refractivity contribution in [2.45, 2.75) is 32.4 Å². The second kappa shape index (κ2) is 9.91. The maximum Gasteiger partial charge on any atom is 0.229 e. The predicted molar refractivity (Wildman–Crippen MR) is 111 cm³/mol. The minimum Gasteiger partial charge on any atom is -0.493 e. The number of carbonyl (C=O) groups is 2. The topological polar surface area (TPSA) is 67.9 Å². The molecule has 0 bridgehead atoms. The Kier molecular flexibility index (Phi) is 7.29. The smallest absolute Gasteiger partial charge is 0.229 e. The molecule has 1 aliphatic rings. The molecule has 1 N–H and O–H groups in total. The SMILES string of the molecule is COc1cc(CNC(C)c2ccc(Cl)c(F)c2)ccc1OCCN1C(=O)CCC1=O. The average Bonchev–Trinajstić information content (AvgIpc) is 3.06. The third kappa shape index (κ3) is 5.29. The molecule has 2 aromatic rings. The van der Waals surface area contributed by atoms with E-state index in [1.807, 2.05) is 19.1 Å². The molecular weight excluding hydrogens is 411 g/mol. The van der Waals surface area contributed by atoms with Gasteiger partial charge >= 0.3 is 0 Å². The van der Waals surface area contributed by atoms with E-state index < -0.39 is 5.82 Å². The number of methoxy groups -OCH3 is 1. The van der Waals surface area contributed by atoms with Gasteiger partial charge in [-0.05, 0) is 42.3 Å². The van der Waals surface area contributed by atoms with Crippen molar-refractivity contribution in [3.05, 3.63) is 58.4 Å². The van der Waals surface area contributed by atoms with Gasteiger partial charge in [-0.2, -0.15) is 0 Å². The van der Waals surface area contributed by atoms with Crippen LogP contribution in [-0.2, 0) is 16.1 Å². The van der Waals surface area contributed by atoms with Crippen LogP contribution in [0.25, 0.3) is 0 Å². The van der Waals surface area contributed by atoms with E-state index in [1.165, 1.54) is 11.0 Å². The molecule has 0 aliphatic carbocycles. The molecule has 6 nitrogen and oxygen atoms in total. The fourth-order valence-electron chi connectivity index (χ4n) is 3.23. The van der Waals surface area contributed by atoms with Crippen molar-refractivity contribution in [2.75, 3.05) is 20.3 Å². The summed E-state index contributed by atoms with van der Waals surface area (Å²) in [6.07, 6.45) is 0.538. The number of likely N-dealkylation sites (tertiary alicyclic amines) is 1. The van der Waals surface area contributed by atoms with Crippen LogP contribution in [0.5, 0.6) is 11.5 Å². The maximum absolute atomic E-state index is 13.7. The molecule has 1 saturated heterocycles. The molecule has 0 saturated carbocycles. The quantitative estimate of drug-likeness (QED) is 0.607. The second-order valence-electron chi connectivity index (χ2n) is 7.05. The van der Waals surface area contributed by atoms with Crippen LogP contribution in [0.2, 0.25) is 5.02 Å². The third-order valence-electron chi connectivity index (χ3n) is 5.01. The van der Waals surface area contributed by atoms with Crippen molar-refractivity contribution in [3.8, 4) is 11.5 Å². The lowest BCUT2D eigenvalue weighted by Crippen LogP contribution is -2.33. The van der Waals surface area contributed by atoms with Crippen LogP contribution in [-0.4, -0.2) is 37.0 Å². The standard InChI is InChI=1S/C22H24ClFN2O4/c1-14(16-4-5-17(23)18(24)12-16)25-13-15-3-6-19(20(11-15)29-2)30-10-9-26-21(27)7-8-22(26)28/h3-6,11-12,14,25H,7-10,13H2,1-2H3. The van der Waals surface area contributed by atoms with E-state index in [4.69, 9.17) is 21.1 Å². The first-order valence-electron chi connectivity index (χ1n) is 9.70. The zero-order chi connectivity index (χ0) is 21.7. The molecular formula is C22H24ClFN2O4. The first-order valence-corrected chi connectivity index (χ1v) is 10.1. The summed E-state index contributed by atoms with van der Waals surface area (Å²) >= 11 is 5.74. The summed E-state index contributed by atoms with van der Waals surface area (Å²) in [5, 5.41) is 3.44. The van der Waals surface area contributed by atoms with E-state index in [-0.39, 0.29) is 48.9 Å². The Hall–Kier alpha value is -2.64.